The summed E-state index contributed by atoms with van der Waals surface area (Å²) in [6.07, 6.45) is 0. The molecule has 0 radical (unpaired) electrons. The quantitative estimate of drug-likeness (QED) is 0.542. The molecule has 0 saturated heterocycles. The molecule has 1 aliphatic rings. The third kappa shape index (κ3) is 4.13. The van der Waals surface area contributed by atoms with Crippen LogP contribution < -0.4 is 15.5 Å². The van der Waals surface area contributed by atoms with Crippen LogP contribution in [0.15, 0.2) is 83.5 Å². The number of para-hydroxylation sites is 1. The van der Waals surface area contributed by atoms with Gasteiger partial charge in [-0.25, -0.2) is 4.90 Å². The van der Waals surface area contributed by atoms with E-state index in [0.717, 1.165) is 21.7 Å². The van der Waals surface area contributed by atoms with E-state index in [2.05, 4.69) is 10.6 Å². The third-order valence-electron chi connectivity index (χ3n) is 5.07. The number of hydrogen-bond donors (Lipinski definition) is 2. The number of amides is 3. The molecule has 0 fully saturated rings. The zero-order valence-electron chi connectivity index (χ0n) is 17.5. The lowest BCUT2D eigenvalue weighted by Crippen LogP contribution is -2.32. The first-order valence-electron chi connectivity index (χ1n) is 9.94. The second-order valence-corrected chi connectivity index (χ2v) is 7.83. The second-order valence-electron chi connectivity index (χ2n) is 7.45. The van der Waals surface area contributed by atoms with Crippen LogP contribution in [0.1, 0.15) is 21.5 Å². The van der Waals surface area contributed by atoms with Crippen LogP contribution in [0, 0.1) is 13.8 Å². The highest BCUT2D eigenvalue weighted by molar-refractivity contribution is 6.53. The number of benzene rings is 3. The van der Waals surface area contributed by atoms with Crippen molar-refractivity contribution in [3.8, 4) is 0 Å². The van der Waals surface area contributed by atoms with Crippen molar-refractivity contribution in [2.24, 2.45) is 0 Å². The fourth-order valence-corrected chi connectivity index (χ4v) is 3.67. The van der Waals surface area contributed by atoms with E-state index < -0.39 is 11.8 Å². The van der Waals surface area contributed by atoms with Crippen molar-refractivity contribution in [3.05, 3.63) is 100 Å². The number of nitrogens with one attached hydrogen (secondary N) is 2. The standard InChI is InChI=1S/C25H20ClN3O3/c1-15-11-12-20(16(2)13-15)28-23(30)17-7-6-8-18(14-17)27-22-21(26)24(31)29(25(22)32)19-9-4-3-5-10-19/h3-14,27H,1-2H3,(H,28,30). The molecule has 3 aromatic carbocycles. The van der Waals surface area contributed by atoms with Gasteiger partial charge in [0.25, 0.3) is 17.7 Å². The maximum Gasteiger partial charge on any atom is 0.283 e. The number of aryl methyl sites for hydroxylation is 2. The highest BCUT2D eigenvalue weighted by atomic mass is 35.5. The minimum atomic E-state index is -0.603. The van der Waals surface area contributed by atoms with E-state index in [1.54, 1.807) is 54.6 Å². The molecular formula is C25H20ClN3O3. The second kappa shape index (κ2) is 8.69. The van der Waals surface area contributed by atoms with Crippen LogP contribution in [0.4, 0.5) is 17.1 Å². The number of carbonyl (C=O) groups excluding carboxylic acids is 3. The summed E-state index contributed by atoms with van der Waals surface area (Å²) in [6.45, 7) is 3.91. The first-order chi connectivity index (χ1) is 15.3. The lowest BCUT2D eigenvalue weighted by Gasteiger charge is -2.15. The lowest BCUT2D eigenvalue weighted by atomic mass is 10.1. The molecular weight excluding hydrogens is 426 g/mol. The number of carbonyl (C=O) groups is 3. The van der Waals surface area contributed by atoms with Crippen LogP contribution in [0.5, 0.6) is 0 Å². The molecule has 0 aliphatic carbocycles. The molecule has 4 rings (SSSR count). The summed E-state index contributed by atoms with van der Waals surface area (Å²) >= 11 is 6.18. The highest BCUT2D eigenvalue weighted by Crippen LogP contribution is 2.30. The van der Waals surface area contributed by atoms with Crippen LogP contribution in [0.3, 0.4) is 0 Å². The van der Waals surface area contributed by atoms with Crippen molar-refractivity contribution in [2.45, 2.75) is 13.8 Å². The van der Waals surface area contributed by atoms with Gasteiger partial charge in [-0.3, -0.25) is 14.4 Å². The molecule has 6 nitrogen and oxygen atoms in total. The minimum Gasteiger partial charge on any atom is -0.350 e. The zero-order valence-corrected chi connectivity index (χ0v) is 18.2. The SMILES string of the molecule is Cc1ccc(NC(=O)c2cccc(NC3=C(Cl)C(=O)N(c4ccccc4)C3=O)c2)c(C)c1. The first kappa shape index (κ1) is 21.3. The van der Waals surface area contributed by atoms with E-state index in [4.69, 9.17) is 11.6 Å². The summed E-state index contributed by atoms with van der Waals surface area (Å²) in [7, 11) is 0. The smallest absolute Gasteiger partial charge is 0.283 e. The van der Waals surface area contributed by atoms with Crippen molar-refractivity contribution in [1.29, 1.82) is 0 Å². The molecule has 1 aliphatic heterocycles. The van der Waals surface area contributed by atoms with E-state index in [1.807, 2.05) is 32.0 Å². The minimum absolute atomic E-state index is 0.0348. The van der Waals surface area contributed by atoms with Crippen LogP contribution in [0.25, 0.3) is 0 Å². The molecule has 0 unspecified atom stereocenters. The van der Waals surface area contributed by atoms with Gasteiger partial charge < -0.3 is 10.6 Å². The van der Waals surface area contributed by atoms with Gasteiger partial charge >= 0.3 is 0 Å². The Hall–Kier alpha value is -3.90. The Bertz CT molecular complexity index is 1270. The monoisotopic (exact) mass is 445 g/mol. The maximum atomic E-state index is 12.9. The average Bonchev–Trinajstić information content (AvgIpc) is 2.99. The van der Waals surface area contributed by atoms with Crippen LogP contribution in [-0.4, -0.2) is 17.7 Å². The van der Waals surface area contributed by atoms with E-state index in [1.165, 1.54) is 0 Å². The lowest BCUT2D eigenvalue weighted by molar-refractivity contribution is -0.120. The van der Waals surface area contributed by atoms with Crippen molar-refractivity contribution < 1.29 is 14.4 Å². The molecule has 32 heavy (non-hydrogen) atoms. The van der Waals surface area contributed by atoms with E-state index in [-0.39, 0.29) is 16.6 Å². The number of anilines is 3. The van der Waals surface area contributed by atoms with Crippen LogP contribution in [0.2, 0.25) is 0 Å². The molecule has 0 spiro atoms. The zero-order chi connectivity index (χ0) is 22.8. The topological polar surface area (TPSA) is 78.5 Å². The Kier molecular flexibility index (Phi) is 5.79. The fraction of sp³-hybridized carbons (Fsp3) is 0.0800. The van der Waals surface area contributed by atoms with Crippen LogP contribution in [-0.2, 0) is 9.59 Å². The van der Waals surface area contributed by atoms with Gasteiger partial charge in [0.05, 0.1) is 5.69 Å². The normalized spacial score (nSPS) is 13.5. The van der Waals surface area contributed by atoms with Gasteiger partial charge in [0.2, 0.25) is 0 Å². The van der Waals surface area contributed by atoms with Crippen molar-refractivity contribution >= 4 is 46.4 Å². The Morgan fingerprint density at radius 3 is 2.34 bits per heavy atom. The molecule has 3 aromatic rings. The largest absolute Gasteiger partial charge is 0.350 e. The van der Waals surface area contributed by atoms with E-state index >= 15 is 0 Å². The molecule has 2 N–H and O–H groups in total. The van der Waals surface area contributed by atoms with Gasteiger partial charge in [-0.05, 0) is 55.8 Å². The highest BCUT2D eigenvalue weighted by Gasteiger charge is 2.38. The summed E-state index contributed by atoms with van der Waals surface area (Å²) < 4.78 is 0. The van der Waals surface area contributed by atoms with Gasteiger partial charge in [-0.15, -0.1) is 0 Å². The summed E-state index contributed by atoms with van der Waals surface area (Å²) in [5.41, 5.74) is 4.04. The number of nitrogens with zero attached hydrogens (tertiary/aromatic N) is 1. The average molecular weight is 446 g/mol. The Labute approximate surface area is 190 Å². The summed E-state index contributed by atoms with van der Waals surface area (Å²) in [5.74, 6) is -1.45. The number of imide groups is 1. The molecule has 0 bridgehead atoms. The molecule has 3 amide bonds. The van der Waals surface area contributed by atoms with Crippen molar-refractivity contribution in [2.75, 3.05) is 15.5 Å². The molecule has 160 valence electrons. The number of rotatable bonds is 5. The van der Waals surface area contributed by atoms with Gasteiger partial charge in [-0.1, -0.05) is 53.6 Å². The number of hydrogen-bond acceptors (Lipinski definition) is 4. The summed E-state index contributed by atoms with van der Waals surface area (Å²) in [4.78, 5) is 39.2. The van der Waals surface area contributed by atoms with Gasteiger partial charge in [0.1, 0.15) is 10.7 Å². The van der Waals surface area contributed by atoms with Gasteiger partial charge in [0, 0.05) is 16.9 Å². The van der Waals surface area contributed by atoms with Crippen molar-refractivity contribution in [3.63, 3.8) is 0 Å². The third-order valence-corrected chi connectivity index (χ3v) is 5.42. The van der Waals surface area contributed by atoms with E-state index in [9.17, 15) is 14.4 Å². The first-order valence-corrected chi connectivity index (χ1v) is 10.3. The fourth-order valence-electron chi connectivity index (χ4n) is 3.45. The Morgan fingerprint density at radius 1 is 0.875 bits per heavy atom. The summed E-state index contributed by atoms with van der Waals surface area (Å²) in [5, 5.41) is 5.59. The molecule has 0 aromatic heterocycles. The predicted octanol–water partition coefficient (Wildman–Crippen LogP) is 4.99. The van der Waals surface area contributed by atoms with Gasteiger partial charge in [-0.2, -0.15) is 0 Å². The maximum absolute atomic E-state index is 12.9. The Balaban J connectivity index is 1.54. The number of halogens is 1. The van der Waals surface area contributed by atoms with Crippen LogP contribution >= 0.6 is 11.6 Å². The molecule has 7 heteroatoms. The van der Waals surface area contributed by atoms with E-state index in [0.29, 0.717) is 16.9 Å². The molecule has 0 saturated carbocycles. The van der Waals surface area contributed by atoms with Crippen molar-refractivity contribution in [1.82, 2.24) is 0 Å². The van der Waals surface area contributed by atoms with Gasteiger partial charge in [0.15, 0.2) is 0 Å². The predicted molar refractivity (Wildman–Crippen MR) is 126 cm³/mol. The summed E-state index contributed by atoms with van der Waals surface area (Å²) in [6, 6.07) is 21.0. The molecule has 0 atom stereocenters. The Morgan fingerprint density at radius 2 is 1.62 bits per heavy atom. The molecule has 1 heterocycles.